The molecule has 9 nitrogen and oxygen atoms in total. The highest BCUT2D eigenvalue weighted by Gasteiger charge is 2.30. The number of hydrogen-bond acceptors (Lipinski definition) is 7. The third kappa shape index (κ3) is 4.89. The van der Waals surface area contributed by atoms with Gasteiger partial charge < -0.3 is 20.3 Å². The van der Waals surface area contributed by atoms with Gasteiger partial charge in [-0.2, -0.15) is 0 Å². The number of ether oxygens (including phenoxy) is 1. The molecule has 2 fully saturated rings. The van der Waals surface area contributed by atoms with Crippen LogP contribution < -0.4 is 10.6 Å². The number of likely N-dealkylation sites (tertiary alicyclic amines) is 1. The number of anilines is 1. The number of primary amides is 1. The Morgan fingerprint density at radius 3 is 2.53 bits per heavy atom. The van der Waals surface area contributed by atoms with Gasteiger partial charge in [0.05, 0.1) is 25.4 Å². The fourth-order valence-corrected chi connectivity index (χ4v) is 4.16. The molecule has 2 amide bonds. The van der Waals surface area contributed by atoms with Crippen molar-refractivity contribution >= 4 is 17.8 Å². The van der Waals surface area contributed by atoms with Crippen LogP contribution in [0, 0.1) is 0 Å². The fraction of sp³-hybridized carbons (Fsp3) is 0.478. The number of hydrogen-bond donors (Lipinski definition) is 1. The van der Waals surface area contributed by atoms with Gasteiger partial charge in [0.1, 0.15) is 6.10 Å². The first-order chi connectivity index (χ1) is 15.4. The van der Waals surface area contributed by atoms with Crippen LogP contribution in [-0.2, 0) is 9.53 Å². The maximum absolute atomic E-state index is 12.9. The van der Waals surface area contributed by atoms with Crippen LogP contribution >= 0.6 is 0 Å². The average Bonchev–Trinajstić information content (AvgIpc) is 3.32. The number of rotatable bonds is 6. The van der Waals surface area contributed by atoms with Gasteiger partial charge in [-0.1, -0.05) is 12.1 Å². The van der Waals surface area contributed by atoms with E-state index in [4.69, 9.17) is 15.5 Å². The Hall–Kier alpha value is -3.04. The zero-order valence-electron chi connectivity index (χ0n) is 18.7. The molecule has 0 saturated carbocycles. The van der Waals surface area contributed by atoms with E-state index in [1.807, 2.05) is 36.0 Å². The molecule has 2 aliphatic heterocycles. The SMILES string of the molecule is CN(C)c1ncc(-c2ccc(C(N)=O)cc2)c(C2CN(C(=O)CN3CCCC3)CCO2)n1. The minimum atomic E-state index is -0.473. The Balaban J connectivity index is 1.60. The Bertz CT molecular complexity index is 972. The predicted octanol–water partition coefficient (Wildman–Crippen LogP) is 1.30. The maximum Gasteiger partial charge on any atom is 0.248 e. The highest BCUT2D eigenvalue weighted by atomic mass is 16.5. The zero-order chi connectivity index (χ0) is 22.7. The van der Waals surface area contributed by atoms with Gasteiger partial charge in [0.2, 0.25) is 17.8 Å². The van der Waals surface area contributed by atoms with Crippen LogP contribution in [0.2, 0.25) is 0 Å². The molecule has 2 N–H and O–H groups in total. The number of carbonyl (C=O) groups is 2. The number of amides is 2. The summed E-state index contributed by atoms with van der Waals surface area (Å²) in [5.41, 5.74) is 8.21. The van der Waals surface area contributed by atoms with Gasteiger partial charge in [0.15, 0.2) is 0 Å². The average molecular weight is 439 g/mol. The Morgan fingerprint density at radius 1 is 1.16 bits per heavy atom. The predicted molar refractivity (Wildman–Crippen MR) is 121 cm³/mol. The van der Waals surface area contributed by atoms with Crippen molar-refractivity contribution in [2.75, 3.05) is 58.3 Å². The molecule has 0 aliphatic carbocycles. The topological polar surface area (TPSA) is 105 Å². The first-order valence-corrected chi connectivity index (χ1v) is 11.0. The van der Waals surface area contributed by atoms with Crippen molar-refractivity contribution in [2.24, 2.45) is 5.73 Å². The maximum atomic E-state index is 12.9. The van der Waals surface area contributed by atoms with Crippen molar-refractivity contribution in [1.29, 1.82) is 0 Å². The lowest BCUT2D eigenvalue weighted by molar-refractivity contribution is -0.140. The molecule has 0 radical (unpaired) electrons. The van der Waals surface area contributed by atoms with Crippen molar-refractivity contribution in [3.63, 3.8) is 0 Å². The van der Waals surface area contributed by atoms with E-state index in [1.54, 1.807) is 18.3 Å². The van der Waals surface area contributed by atoms with Crippen LogP contribution in [0.15, 0.2) is 30.5 Å². The van der Waals surface area contributed by atoms with Gasteiger partial charge in [-0.3, -0.25) is 14.5 Å². The van der Waals surface area contributed by atoms with Crippen molar-refractivity contribution in [3.8, 4) is 11.1 Å². The third-order valence-electron chi connectivity index (χ3n) is 5.97. The second kappa shape index (κ2) is 9.62. The number of aromatic nitrogens is 2. The zero-order valence-corrected chi connectivity index (χ0v) is 18.7. The van der Waals surface area contributed by atoms with Crippen molar-refractivity contribution in [1.82, 2.24) is 19.8 Å². The molecular weight excluding hydrogens is 408 g/mol. The summed E-state index contributed by atoms with van der Waals surface area (Å²) in [5.74, 6) is 0.231. The lowest BCUT2D eigenvalue weighted by atomic mass is 10.00. The number of carbonyl (C=O) groups excluding carboxylic acids is 2. The Labute approximate surface area is 188 Å². The van der Waals surface area contributed by atoms with Gasteiger partial charge in [0.25, 0.3) is 0 Å². The van der Waals surface area contributed by atoms with E-state index in [2.05, 4.69) is 9.88 Å². The van der Waals surface area contributed by atoms with Crippen LogP contribution in [0.5, 0.6) is 0 Å². The molecule has 3 heterocycles. The number of nitrogens with two attached hydrogens (primary N) is 1. The van der Waals surface area contributed by atoms with Crippen LogP contribution in [0.4, 0.5) is 5.95 Å². The molecule has 1 aromatic heterocycles. The highest BCUT2D eigenvalue weighted by Crippen LogP contribution is 2.32. The standard InChI is InChI=1S/C23H30N6O3/c1-27(2)23-25-13-18(16-5-7-17(8-6-16)22(24)31)21(26-23)19-14-29(11-12-32-19)20(30)15-28-9-3-4-10-28/h5-8,13,19H,3-4,9-12,14-15H2,1-2H3,(H2,24,31). The summed E-state index contributed by atoms with van der Waals surface area (Å²) in [4.78, 5) is 39.5. The van der Waals surface area contributed by atoms with E-state index >= 15 is 0 Å². The molecule has 1 aromatic carbocycles. The second-order valence-corrected chi connectivity index (χ2v) is 8.49. The molecule has 2 aliphatic rings. The minimum Gasteiger partial charge on any atom is -0.368 e. The molecule has 1 atom stereocenters. The number of benzene rings is 1. The van der Waals surface area contributed by atoms with E-state index < -0.39 is 5.91 Å². The summed E-state index contributed by atoms with van der Waals surface area (Å²) < 4.78 is 6.08. The quantitative estimate of drug-likeness (QED) is 0.725. The largest absolute Gasteiger partial charge is 0.368 e. The lowest BCUT2D eigenvalue weighted by Crippen LogP contribution is -2.46. The molecule has 2 saturated heterocycles. The lowest BCUT2D eigenvalue weighted by Gasteiger charge is -2.34. The van der Waals surface area contributed by atoms with Crippen molar-refractivity contribution in [3.05, 3.63) is 41.7 Å². The molecule has 1 unspecified atom stereocenters. The normalized spacial score (nSPS) is 19.2. The summed E-state index contributed by atoms with van der Waals surface area (Å²) in [6.45, 7) is 3.92. The summed E-state index contributed by atoms with van der Waals surface area (Å²) in [5, 5.41) is 0. The fourth-order valence-electron chi connectivity index (χ4n) is 4.16. The van der Waals surface area contributed by atoms with Gasteiger partial charge in [-0.05, 0) is 43.6 Å². The third-order valence-corrected chi connectivity index (χ3v) is 5.97. The number of nitrogens with zero attached hydrogens (tertiary/aromatic N) is 5. The van der Waals surface area contributed by atoms with Crippen LogP contribution in [0.3, 0.4) is 0 Å². The summed E-state index contributed by atoms with van der Waals surface area (Å²) in [7, 11) is 3.77. The Morgan fingerprint density at radius 2 is 1.88 bits per heavy atom. The summed E-state index contributed by atoms with van der Waals surface area (Å²) in [6.07, 6.45) is 3.72. The van der Waals surface area contributed by atoms with Gasteiger partial charge >= 0.3 is 0 Å². The number of morpholine rings is 1. The molecule has 32 heavy (non-hydrogen) atoms. The Kier molecular flexibility index (Phi) is 6.66. The smallest absolute Gasteiger partial charge is 0.248 e. The highest BCUT2D eigenvalue weighted by molar-refractivity contribution is 5.93. The van der Waals surface area contributed by atoms with Crippen molar-refractivity contribution < 1.29 is 14.3 Å². The molecule has 0 bridgehead atoms. The van der Waals surface area contributed by atoms with E-state index in [-0.39, 0.29) is 12.0 Å². The van der Waals surface area contributed by atoms with E-state index in [1.165, 1.54) is 0 Å². The molecule has 9 heteroatoms. The first kappa shape index (κ1) is 22.2. The summed E-state index contributed by atoms with van der Waals surface area (Å²) in [6, 6.07) is 7.04. The van der Waals surface area contributed by atoms with Gasteiger partial charge in [0, 0.05) is 38.0 Å². The molecule has 4 rings (SSSR count). The van der Waals surface area contributed by atoms with Crippen LogP contribution in [0.1, 0.15) is 35.0 Å². The van der Waals surface area contributed by atoms with Gasteiger partial charge in [-0.25, -0.2) is 9.97 Å². The second-order valence-electron chi connectivity index (χ2n) is 8.49. The van der Waals surface area contributed by atoms with E-state index in [9.17, 15) is 9.59 Å². The molecule has 170 valence electrons. The van der Waals surface area contributed by atoms with Crippen LogP contribution in [0.25, 0.3) is 11.1 Å². The summed E-state index contributed by atoms with van der Waals surface area (Å²) >= 11 is 0. The molecule has 2 aromatic rings. The van der Waals surface area contributed by atoms with Crippen LogP contribution in [-0.4, -0.2) is 85.0 Å². The molecule has 0 spiro atoms. The van der Waals surface area contributed by atoms with E-state index in [0.717, 1.165) is 42.8 Å². The van der Waals surface area contributed by atoms with E-state index in [0.29, 0.717) is 37.8 Å². The van der Waals surface area contributed by atoms with Crippen molar-refractivity contribution in [2.45, 2.75) is 18.9 Å². The monoisotopic (exact) mass is 438 g/mol. The first-order valence-electron chi connectivity index (χ1n) is 11.0. The minimum absolute atomic E-state index is 0.134. The van der Waals surface area contributed by atoms with Gasteiger partial charge in [-0.15, -0.1) is 0 Å². The molecular formula is C23H30N6O3.